The van der Waals surface area contributed by atoms with E-state index in [-0.39, 0.29) is 17.9 Å². The average molecular weight is 342 g/mol. The Morgan fingerprint density at radius 2 is 2.24 bits per heavy atom. The number of pyridine rings is 1. The molecule has 1 unspecified atom stereocenters. The first-order valence-electron chi connectivity index (χ1n) is 8.66. The number of nitrogens with one attached hydrogen (secondary N) is 1. The lowest BCUT2D eigenvalue weighted by Gasteiger charge is -2.30. The molecule has 0 saturated carbocycles. The van der Waals surface area contributed by atoms with Gasteiger partial charge in [0.1, 0.15) is 12.0 Å². The molecular weight excluding hydrogens is 320 g/mol. The molecule has 0 radical (unpaired) electrons. The summed E-state index contributed by atoms with van der Waals surface area (Å²) in [7, 11) is 1.68. The summed E-state index contributed by atoms with van der Waals surface area (Å²) in [5.41, 5.74) is 1.54. The van der Waals surface area contributed by atoms with Gasteiger partial charge in [-0.2, -0.15) is 0 Å². The number of nitrogens with zero attached hydrogens (tertiary/aromatic N) is 3. The van der Waals surface area contributed by atoms with Crippen LogP contribution in [0, 0.1) is 5.92 Å². The van der Waals surface area contributed by atoms with Gasteiger partial charge in [0.05, 0.1) is 11.9 Å². The fourth-order valence-corrected chi connectivity index (χ4v) is 3.90. The zero-order valence-electron chi connectivity index (χ0n) is 14.5. The number of piperidine rings is 1. The van der Waals surface area contributed by atoms with Crippen LogP contribution in [0.3, 0.4) is 0 Å². The van der Waals surface area contributed by atoms with Gasteiger partial charge in [0.15, 0.2) is 5.58 Å². The monoisotopic (exact) mass is 342 g/mol. The van der Waals surface area contributed by atoms with Crippen molar-refractivity contribution in [2.45, 2.75) is 25.8 Å². The second kappa shape index (κ2) is 6.15. The third-order valence-electron chi connectivity index (χ3n) is 5.31. The van der Waals surface area contributed by atoms with E-state index in [1.54, 1.807) is 13.1 Å². The van der Waals surface area contributed by atoms with Crippen LogP contribution in [-0.4, -0.2) is 54.4 Å². The fourth-order valence-electron chi connectivity index (χ4n) is 3.90. The standard InChI is InChI=1S/C18H22N4O3/c1-11(23)21(2)16-10-25-17-7-19-15(6-14(16)17)18(24)20-13-5-12-3-4-22(8-12)9-13/h6-7,10,12-13H,3-5,8-9H2,1-2H3,(H,20,24)/t12-,13+/m0/s1. The van der Waals surface area contributed by atoms with E-state index in [1.165, 1.54) is 30.7 Å². The van der Waals surface area contributed by atoms with Crippen LogP contribution in [0.2, 0.25) is 0 Å². The van der Waals surface area contributed by atoms with E-state index < -0.39 is 0 Å². The van der Waals surface area contributed by atoms with Gasteiger partial charge in [-0.1, -0.05) is 0 Å². The highest BCUT2D eigenvalue weighted by molar-refractivity contribution is 6.03. The van der Waals surface area contributed by atoms with Crippen LogP contribution < -0.4 is 10.2 Å². The van der Waals surface area contributed by atoms with Gasteiger partial charge in [0, 0.05) is 38.5 Å². The van der Waals surface area contributed by atoms with Gasteiger partial charge in [-0.15, -0.1) is 0 Å². The molecule has 7 nitrogen and oxygen atoms in total. The summed E-state index contributed by atoms with van der Waals surface area (Å²) in [4.78, 5) is 32.4. The van der Waals surface area contributed by atoms with Crippen LogP contribution in [0.5, 0.6) is 0 Å². The molecule has 2 amide bonds. The Labute approximate surface area is 146 Å². The molecule has 25 heavy (non-hydrogen) atoms. The van der Waals surface area contributed by atoms with Crippen molar-refractivity contribution in [2.24, 2.45) is 5.92 Å². The first-order chi connectivity index (χ1) is 12.0. The Morgan fingerprint density at radius 1 is 1.40 bits per heavy atom. The van der Waals surface area contributed by atoms with Crippen molar-refractivity contribution < 1.29 is 14.0 Å². The maximum atomic E-state index is 12.6. The average Bonchev–Trinajstić information content (AvgIpc) is 3.16. The van der Waals surface area contributed by atoms with Gasteiger partial charge in [0.2, 0.25) is 5.91 Å². The number of anilines is 1. The number of rotatable bonds is 3. The molecule has 4 heterocycles. The highest BCUT2D eigenvalue weighted by Crippen LogP contribution is 2.29. The molecule has 4 rings (SSSR count). The van der Waals surface area contributed by atoms with E-state index in [0.29, 0.717) is 28.3 Å². The number of amides is 2. The molecule has 2 aromatic rings. The third kappa shape index (κ3) is 3.00. The van der Waals surface area contributed by atoms with E-state index >= 15 is 0 Å². The van der Waals surface area contributed by atoms with Gasteiger partial charge in [0.25, 0.3) is 5.91 Å². The Kier molecular flexibility index (Phi) is 3.95. The Morgan fingerprint density at radius 3 is 3.00 bits per heavy atom. The van der Waals surface area contributed by atoms with Gasteiger partial charge >= 0.3 is 0 Å². The quantitative estimate of drug-likeness (QED) is 0.917. The minimum absolute atomic E-state index is 0.0998. The SMILES string of the molecule is CC(=O)N(C)c1coc2cnc(C(=O)N[C@@H]3C[C@@H]4CCN(C4)C3)cc12. The molecular formula is C18H22N4O3. The predicted octanol–water partition coefficient (Wildman–Crippen LogP) is 1.63. The number of hydrogen-bond donors (Lipinski definition) is 1. The minimum atomic E-state index is -0.174. The van der Waals surface area contributed by atoms with Crippen LogP contribution in [0.25, 0.3) is 11.0 Å². The summed E-state index contributed by atoms with van der Waals surface area (Å²) in [5.74, 6) is 0.420. The van der Waals surface area contributed by atoms with Crippen LogP contribution >= 0.6 is 0 Å². The lowest BCUT2D eigenvalue weighted by atomic mass is 9.97. The molecule has 2 aliphatic rings. The van der Waals surface area contributed by atoms with Crippen molar-refractivity contribution in [3.63, 3.8) is 0 Å². The normalized spacial score (nSPS) is 25.1. The lowest BCUT2D eigenvalue weighted by molar-refractivity contribution is -0.116. The molecule has 2 aromatic heterocycles. The highest BCUT2D eigenvalue weighted by Gasteiger charge is 2.33. The summed E-state index contributed by atoms with van der Waals surface area (Å²) >= 11 is 0. The zero-order chi connectivity index (χ0) is 17.6. The van der Waals surface area contributed by atoms with Crippen molar-refractivity contribution in [2.75, 3.05) is 31.6 Å². The van der Waals surface area contributed by atoms with Crippen molar-refractivity contribution in [3.05, 3.63) is 24.2 Å². The van der Waals surface area contributed by atoms with Gasteiger partial charge in [-0.05, 0) is 31.4 Å². The van der Waals surface area contributed by atoms with Crippen LogP contribution in [0.15, 0.2) is 22.9 Å². The largest absolute Gasteiger partial charge is 0.460 e. The van der Waals surface area contributed by atoms with E-state index in [9.17, 15) is 9.59 Å². The smallest absolute Gasteiger partial charge is 0.270 e. The van der Waals surface area contributed by atoms with Crippen molar-refractivity contribution in [3.8, 4) is 0 Å². The maximum Gasteiger partial charge on any atom is 0.270 e. The van der Waals surface area contributed by atoms with E-state index in [2.05, 4.69) is 15.2 Å². The fraction of sp³-hybridized carbons (Fsp3) is 0.500. The zero-order valence-corrected chi connectivity index (χ0v) is 14.5. The van der Waals surface area contributed by atoms with Crippen molar-refractivity contribution in [1.29, 1.82) is 0 Å². The lowest BCUT2D eigenvalue weighted by Crippen LogP contribution is -2.47. The summed E-state index contributed by atoms with van der Waals surface area (Å²) in [6.45, 7) is 4.69. The number of furan rings is 1. The van der Waals surface area contributed by atoms with Crippen LogP contribution in [0.4, 0.5) is 5.69 Å². The second-order valence-corrected chi connectivity index (χ2v) is 7.09. The molecule has 0 aromatic carbocycles. The van der Waals surface area contributed by atoms with E-state index in [0.717, 1.165) is 26.1 Å². The molecule has 3 atom stereocenters. The number of carbonyl (C=O) groups excluding carboxylic acids is 2. The van der Waals surface area contributed by atoms with E-state index in [1.807, 2.05) is 0 Å². The maximum absolute atomic E-state index is 12.6. The Balaban J connectivity index is 1.55. The van der Waals surface area contributed by atoms with Gasteiger partial charge < -0.3 is 19.5 Å². The van der Waals surface area contributed by atoms with Crippen molar-refractivity contribution in [1.82, 2.24) is 15.2 Å². The first-order valence-corrected chi connectivity index (χ1v) is 8.66. The first kappa shape index (κ1) is 16.1. The molecule has 2 fully saturated rings. The summed E-state index contributed by atoms with van der Waals surface area (Å²) in [5, 5.41) is 3.82. The molecule has 0 spiro atoms. The molecule has 0 aliphatic carbocycles. The molecule has 2 aliphatic heterocycles. The number of fused-ring (bicyclic) bond motifs is 3. The Bertz CT molecular complexity index is 819. The Hall–Kier alpha value is -2.41. The number of carbonyl (C=O) groups is 2. The van der Waals surface area contributed by atoms with Gasteiger partial charge in [-0.3, -0.25) is 9.59 Å². The predicted molar refractivity (Wildman–Crippen MR) is 93.5 cm³/mol. The molecule has 132 valence electrons. The van der Waals surface area contributed by atoms with Crippen molar-refractivity contribution >= 4 is 28.5 Å². The minimum Gasteiger partial charge on any atom is -0.460 e. The number of aromatic nitrogens is 1. The summed E-state index contributed by atoms with van der Waals surface area (Å²) in [6.07, 6.45) is 5.32. The van der Waals surface area contributed by atoms with E-state index in [4.69, 9.17) is 4.42 Å². The topological polar surface area (TPSA) is 78.7 Å². The molecule has 2 saturated heterocycles. The molecule has 2 bridgehead atoms. The summed E-state index contributed by atoms with van der Waals surface area (Å²) < 4.78 is 5.45. The third-order valence-corrected chi connectivity index (χ3v) is 5.31. The van der Waals surface area contributed by atoms with Gasteiger partial charge in [-0.25, -0.2) is 4.98 Å². The molecule has 1 N–H and O–H groups in total. The molecule has 7 heteroatoms. The highest BCUT2D eigenvalue weighted by atomic mass is 16.3. The summed E-state index contributed by atoms with van der Waals surface area (Å²) in [6, 6.07) is 1.87. The number of hydrogen-bond acceptors (Lipinski definition) is 5. The van der Waals surface area contributed by atoms with Crippen LogP contribution in [0.1, 0.15) is 30.3 Å². The second-order valence-electron chi connectivity index (χ2n) is 7.09. The van der Waals surface area contributed by atoms with Crippen LogP contribution in [-0.2, 0) is 4.79 Å².